The summed E-state index contributed by atoms with van der Waals surface area (Å²) in [7, 11) is 0. The highest BCUT2D eigenvalue weighted by Crippen LogP contribution is 2.40. The Morgan fingerprint density at radius 2 is 1.86 bits per heavy atom. The lowest BCUT2D eigenvalue weighted by Crippen LogP contribution is -2.48. The van der Waals surface area contributed by atoms with Gasteiger partial charge in [-0.25, -0.2) is 9.59 Å². The Bertz CT molecular complexity index is 402. The van der Waals surface area contributed by atoms with E-state index in [1.54, 1.807) is 11.8 Å². The average Bonchev–Trinajstić information content (AvgIpc) is 2.76. The van der Waals surface area contributed by atoms with Gasteiger partial charge in [0.25, 0.3) is 0 Å². The summed E-state index contributed by atoms with van der Waals surface area (Å²) in [4.78, 5) is 26.4. The summed E-state index contributed by atoms with van der Waals surface area (Å²) in [5.41, 5.74) is -0.553. The lowest BCUT2D eigenvalue weighted by Gasteiger charge is -2.34. The predicted molar refractivity (Wildman–Crippen MR) is 78.9 cm³/mol. The van der Waals surface area contributed by atoms with Gasteiger partial charge in [0.2, 0.25) is 0 Å². The van der Waals surface area contributed by atoms with Gasteiger partial charge in [0.05, 0.1) is 6.61 Å². The van der Waals surface area contributed by atoms with Crippen LogP contribution in [0.5, 0.6) is 0 Å². The highest BCUT2D eigenvalue weighted by Gasteiger charge is 2.49. The van der Waals surface area contributed by atoms with Crippen molar-refractivity contribution < 1.29 is 19.1 Å². The quantitative estimate of drug-likeness (QED) is 0.735. The molecule has 1 heterocycles. The van der Waals surface area contributed by atoms with Crippen LogP contribution in [-0.4, -0.2) is 41.3 Å². The summed E-state index contributed by atoms with van der Waals surface area (Å²) in [5, 5.41) is 0. The van der Waals surface area contributed by atoms with Crippen molar-refractivity contribution in [3.8, 4) is 0 Å². The molecule has 3 atom stereocenters. The van der Waals surface area contributed by atoms with Gasteiger partial charge in [-0.05, 0) is 52.9 Å². The third-order valence-corrected chi connectivity index (χ3v) is 4.25. The second-order valence-electron chi connectivity index (χ2n) is 7.00. The Hall–Kier alpha value is -1.26. The number of carbonyl (C=O) groups is 2. The van der Waals surface area contributed by atoms with Crippen molar-refractivity contribution in [2.45, 2.75) is 77.5 Å². The molecule has 2 aliphatic rings. The highest BCUT2D eigenvalue weighted by molar-refractivity contribution is 5.82. The third kappa shape index (κ3) is 3.69. The summed E-state index contributed by atoms with van der Waals surface area (Å²) in [5.74, 6) is 0.110. The number of esters is 1. The van der Waals surface area contributed by atoms with Crippen LogP contribution in [-0.2, 0) is 14.3 Å². The monoisotopic (exact) mass is 297 g/mol. The molecule has 0 bridgehead atoms. The van der Waals surface area contributed by atoms with Crippen LogP contribution >= 0.6 is 0 Å². The summed E-state index contributed by atoms with van der Waals surface area (Å²) < 4.78 is 10.7. The van der Waals surface area contributed by atoms with Gasteiger partial charge in [-0.15, -0.1) is 0 Å². The Balaban J connectivity index is 2.18. The fourth-order valence-electron chi connectivity index (χ4n) is 3.49. The highest BCUT2D eigenvalue weighted by atomic mass is 16.6. The van der Waals surface area contributed by atoms with Crippen LogP contribution < -0.4 is 0 Å². The fraction of sp³-hybridized carbons (Fsp3) is 0.875. The van der Waals surface area contributed by atoms with Gasteiger partial charge in [0.1, 0.15) is 11.6 Å². The maximum Gasteiger partial charge on any atom is 0.411 e. The first-order chi connectivity index (χ1) is 9.83. The van der Waals surface area contributed by atoms with Crippen LogP contribution in [0.2, 0.25) is 0 Å². The maximum absolute atomic E-state index is 12.5. The number of carbonyl (C=O) groups excluding carboxylic acids is 2. The zero-order valence-electron chi connectivity index (χ0n) is 13.6. The molecular formula is C16H27NO4. The van der Waals surface area contributed by atoms with Crippen molar-refractivity contribution in [1.29, 1.82) is 0 Å². The average molecular weight is 297 g/mol. The minimum Gasteiger partial charge on any atom is -0.464 e. The molecule has 2 rings (SSSR count). The van der Waals surface area contributed by atoms with Crippen molar-refractivity contribution in [3.63, 3.8) is 0 Å². The lowest BCUT2D eigenvalue weighted by atomic mass is 9.85. The van der Waals surface area contributed by atoms with E-state index in [0.717, 1.165) is 19.3 Å². The zero-order chi connectivity index (χ0) is 15.6. The van der Waals surface area contributed by atoms with E-state index < -0.39 is 11.6 Å². The smallest absolute Gasteiger partial charge is 0.411 e. The molecule has 1 aliphatic carbocycles. The van der Waals surface area contributed by atoms with Gasteiger partial charge in [-0.3, -0.25) is 4.90 Å². The van der Waals surface area contributed by atoms with Crippen LogP contribution in [0, 0.1) is 5.92 Å². The van der Waals surface area contributed by atoms with Gasteiger partial charge < -0.3 is 9.47 Å². The van der Waals surface area contributed by atoms with E-state index >= 15 is 0 Å². The van der Waals surface area contributed by atoms with E-state index in [0.29, 0.717) is 18.9 Å². The molecule has 21 heavy (non-hydrogen) atoms. The van der Waals surface area contributed by atoms with Crippen molar-refractivity contribution in [2.75, 3.05) is 6.61 Å². The number of fused-ring (bicyclic) bond motifs is 1. The topological polar surface area (TPSA) is 55.8 Å². The Kier molecular flexibility index (Phi) is 4.79. The van der Waals surface area contributed by atoms with Gasteiger partial charge in [0, 0.05) is 6.04 Å². The fourth-order valence-corrected chi connectivity index (χ4v) is 3.49. The number of amides is 1. The van der Waals surface area contributed by atoms with E-state index in [2.05, 4.69) is 0 Å². The number of nitrogens with zero attached hydrogens (tertiary/aromatic N) is 1. The lowest BCUT2D eigenvalue weighted by molar-refractivity contribution is -0.148. The van der Waals surface area contributed by atoms with Gasteiger partial charge in [-0.1, -0.05) is 12.8 Å². The first-order valence-electron chi connectivity index (χ1n) is 8.01. The molecule has 0 radical (unpaired) electrons. The molecule has 120 valence electrons. The summed E-state index contributed by atoms with van der Waals surface area (Å²) in [6, 6.07) is -0.351. The molecule has 0 spiro atoms. The number of rotatable bonds is 2. The molecular weight excluding hydrogens is 270 g/mol. The van der Waals surface area contributed by atoms with Gasteiger partial charge in [-0.2, -0.15) is 0 Å². The number of ether oxygens (including phenoxy) is 2. The molecule has 5 heteroatoms. The van der Waals surface area contributed by atoms with E-state index in [-0.39, 0.29) is 18.1 Å². The van der Waals surface area contributed by atoms with Crippen LogP contribution in [0.4, 0.5) is 4.79 Å². The van der Waals surface area contributed by atoms with Crippen molar-refractivity contribution in [1.82, 2.24) is 4.90 Å². The SMILES string of the molecule is CCOC(=O)[C@H]1C[C@H]2CCCC[C@H]2N1C(=O)OC(C)(C)C. The molecule has 1 saturated carbocycles. The normalized spacial score (nSPS) is 29.0. The predicted octanol–water partition coefficient (Wildman–Crippen LogP) is 3.12. The second kappa shape index (κ2) is 6.24. The van der Waals surface area contributed by atoms with E-state index in [4.69, 9.17) is 9.47 Å². The molecule has 1 saturated heterocycles. The standard InChI is InChI=1S/C16H27NO4/c1-5-20-14(18)13-10-11-8-6-7-9-12(11)17(13)15(19)21-16(2,3)4/h11-13H,5-10H2,1-4H3/t11-,12-,13-/m1/s1. The molecule has 0 unspecified atom stereocenters. The van der Waals surface area contributed by atoms with Gasteiger partial charge >= 0.3 is 12.1 Å². The van der Waals surface area contributed by atoms with Crippen molar-refractivity contribution in [3.05, 3.63) is 0 Å². The van der Waals surface area contributed by atoms with Gasteiger partial charge in [0.15, 0.2) is 0 Å². The van der Waals surface area contributed by atoms with E-state index in [1.807, 2.05) is 20.8 Å². The Morgan fingerprint density at radius 1 is 1.19 bits per heavy atom. The molecule has 1 aliphatic heterocycles. The van der Waals surface area contributed by atoms with E-state index in [9.17, 15) is 9.59 Å². The molecule has 0 N–H and O–H groups in total. The molecule has 0 aromatic carbocycles. The summed E-state index contributed by atoms with van der Waals surface area (Å²) in [6.07, 6.45) is 4.66. The molecule has 0 aromatic heterocycles. The van der Waals surface area contributed by atoms with Crippen molar-refractivity contribution in [2.24, 2.45) is 5.92 Å². The minimum atomic E-state index is -0.553. The third-order valence-electron chi connectivity index (χ3n) is 4.25. The van der Waals surface area contributed by atoms with Crippen LogP contribution in [0.1, 0.15) is 59.8 Å². The Morgan fingerprint density at radius 3 is 2.48 bits per heavy atom. The molecule has 1 amide bonds. The largest absolute Gasteiger partial charge is 0.464 e. The number of likely N-dealkylation sites (tertiary alicyclic amines) is 1. The maximum atomic E-state index is 12.5. The summed E-state index contributed by atoms with van der Waals surface area (Å²) in [6.45, 7) is 7.67. The molecule has 5 nitrogen and oxygen atoms in total. The van der Waals surface area contributed by atoms with Crippen molar-refractivity contribution >= 4 is 12.1 Å². The summed E-state index contributed by atoms with van der Waals surface area (Å²) >= 11 is 0. The zero-order valence-corrected chi connectivity index (χ0v) is 13.6. The number of hydrogen-bond donors (Lipinski definition) is 0. The molecule has 2 fully saturated rings. The Labute approximate surface area is 127 Å². The first kappa shape index (κ1) is 16.1. The van der Waals surface area contributed by atoms with E-state index in [1.165, 1.54) is 6.42 Å². The molecule has 0 aromatic rings. The second-order valence-corrected chi connectivity index (χ2v) is 7.00. The van der Waals surface area contributed by atoms with Crippen LogP contribution in [0.15, 0.2) is 0 Å². The first-order valence-corrected chi connectivity index (χ1v) is 8.01. The van der Waals surface area contributed by atoms with Crippen LogP contribution in [0.25, 0.3) is 0 Å². The van der Waals surface area contributed by atoms with Crippen LogP contribution in [0.3, 0.4) is 0 Å². The number of hydrogen-bond acceptors (Lipinski definition) is 4. The minimum absolute atomic E-state index is 0.128.